The van der Waals surface area contributed by atoms with Crippen LogP contribution in [0.1, 0.15) is 20.3 Å². The fourth-order valence-corrected chi connectivity index (χ4v) is 1.12. The molecule has 2 nitrogen and oxygen atoms in total. The fraction of sp³-hybridized carbons (Fsp3) is 0.727. The minimum Gasteiger partial charge on any atom is -0.462 e. The number of carbonyl (C=O) groups is 1. The second kappa shape index (κ2) is 6.37. The Morgan fingerprint density at radius 1 is 0.955 bits per heavy atom. The Balaban J connectivity index is 5.58. The van der Waals surface area contributed by atoms with Crippen LogP contribution in [0.25, 0.3) is 0 Å². The van der Waals surface area contributed by atoms with Crippen LogP contribution < -0.4 is 0 Å². The Bertz CT molecular complexity index is 437. The molecule has 0 saturated heterocycles. The van der Waals surface area contributed by atoms with Crippen LogP contribution in [-0.4, -0.2) is 36.5 Å². The molecule has 0 unspecified atom stereocenters. The molecule has 0 aromatic rings. The summed E-state index contributed by atoms with van der Waals surface area (Å²) in [4.78, 5) is 11.1. The van der Waals surface area contributed by atoms with E-state index in [1.807, 2.05) is 0 Å². The second-order valence-corrected chi connectivity index (χ2v) is 4.23. The van der Waals surface area contributed by atoms with E-state index in [9.17, 15) is 44.3 Å². The maximum absolute atomic E-state index is 13.1. The fourth-order valence-electron chi connectivity index (χ4n) is 1.12. The number of halogens is 9. The van der Waals surface area contributed by atoms with Crippen LogP contribution in [0.5, 0.6) is 0 Å². The van der Waals surface area contributed by atoms with Crippen molar-refractivity contribution in [2.24, 2.45) is 0 Å². The molecule has 0 saturated carbocycles. The molecule has 0 bridgehead atoms. The molecule has 22 heavy (non-hydrogen) atoms. The summed E-state index contributed by atoms with van der Waals surface area (Å²) in [6.45, 7) is 1.76. The average Bonchev–Trinajstić information content (AvgIpc) is 2.33. The number of carbonyl (C=O) groups excluding carboxylic acids is 1. The molecule has 0 fully saturated rings. The standard InChI is InChI=1S/C11H11F9O2/c1-3-4-22-7(21)6(2)5-8(12,13)9(14,15)10(16,17)11(18,19)20/h5H,3-4H2,1-2H3. The summed E-state index contributed by atoms with van der Waals surface area (Å²) in [6, 6.07) is 0. The van der Waals surface area contributed by atoms with E-state index >= 15 is 0 Å². The van der Waals surface area contributed by atoms with Crippen molar-refractivity contribution in [1.29, 1.82) is 0 Å². The van der Waals surface area contributed by atoms with Crippen LogP contribution in [0.15, 0.2) is 11.6 Å². The normalized spacial score (nSPS) is 15.0. The van der Waals surface area contributed by atoms with Gasteiger partial charge in [0.05, 0.1) is 6.61 Å². The van der Waals surface area contributed by atoms with Crippen LogP contribution in [0, 0.1) is 0 Å². The Labute approximate surface area is 118 Å². The maximum atomic E-state index is 13.1. The smallest absolute Gasteiger partial charge is 0.460 e. The van der Waals surface area contributed by atoms with Gasteiger partial charge in [0.25, 0.3) is 0 Å². The largest absolute Gasteiger partial charge is 0.462 e. The topological polar surface area (TPSA) is 26.3 Å². The molecule has 0 aromatic heterocycles. The Kier molecular flexibility index (Phi) is 5.96. The molecule has 0 aliphatic rings. The molecule has 0 aliphatic heterocycles. The van der Waals surface area contributed by atoms with Gasteiger partial charge in [-0.3, -0.25) is 0 Å². The third-order valence-electron chi connectivity index (χ3n) is 2.33. The lowest BCUT2D eigenvalue weighted by molar-refractivity contribution is -0.388. The molecule has 0 aromatic carbocycles. The van der Waals surface area contributed by atoms with Gasteiger partial charge in [0.2, 0.25) is 0 Å². The predicted octanol–water partition coefficient (Wildman–Crippen LogP) is 4.35. The van der Waals surface area contributed by atoms with Crippen LogP contribution in [0.2, 0.25) is 0 Å². The van der Waals surface area contributed by atoms with Crippen molar-refractivity contribution in [1.82, 2.24) is 0 Å². The summed E-state index contributed by atoms with van der Waals surface area (Å²) in [5.74, 6) is -21.2. The molecule has 0 atom stereocenters. The van der Waals surface area contributed by atoms with Gasteiger partial charge in [-0.15, -0.1) is 0 Å². The second-order valence-electron chi connectivity index (χ2n) is 4.23. The van der Waals surface area contributed by atoms with Gasteiger partial charge in [0.1, 0.15) is 0 Å². The quantitative estimate of drug-likeness (QED) is 0.406. The summed E-state index contributed by atoms with van der Waals surface area (Å²) in [7, 11) is 0. The van der Waals surface area contributed by atoms with E-state index in [4.69, 9.17) is 0 Å². The first-order valence-electron chi connectivity index (χ1n) is 5.68. The van der Waals surface area contributed by atoms with E-state index in [0.29, 0.717) is 6.92 Å². The molecule has 0 spiro atoms. The number of ether oxygens (including phenoxy) is 1. The SMILES string of the molecule is CCCOC(=O)C(C)=CC(F)(F)C(F)(F)C(F)(F)C(F)(F)F. The van der Waals surface area contributed by atoms with E-state index in [-0.39, 0.29) is 13.0 Å². The van der Waals surface area contributed by atoms with Gasteiger partial charge >= 0.3 is 29.9 Å². The van der Waals surface area contributed by atoms with Crippen molar-refractivity contribution in [3.63, 3.8) is 0 Å². The van der Waals surface area contributed by atoms with Crippen LogP contribution in [-0.2, 0) is 9.53 Å². The lowest BCUT2D eigenvalue weighted by Crippen LogP contribution is -2.60. The van der Waals surface area contributed by atoms with Crippen LogP contribution in [0.4, 0.5) is 39.5 Å². The Morgan fingerprint density at radius 3 is 1.77 bits per heavy atom. The first-order chi connectivity index (χ1) is 9.62. The number of rotatable bonds is 6. The number of allylic oxidation sites excluding steroid dienone is 1. The Morgan fingerprint density at radius 2 is 1.41 bits per heavy atom. The van der Waals surface area contributed by atoms with Crippen molar-refractivity contribution in [2.75, 3.05) is 6.61 Å². The highest BCUT2D eigenvalue weighted by Crippen LogP contribution is 2.53. The van der Waals surface area contributed by atoms with Gasteiger partial charge in [-0.05, 0) is 13.3 Å². The summed E-state index contributed by atoms with van der Waals surface area (Å²) in [6.07, 6.45) is -7.62. The van der Waals surface area contributed by atoms with E-state index in [1.165, 1.54) is 6.92 Å². The van der Waals surface area contributed by atoms with Gasteiger partial charge in [-0.25, -0.2) is 4.79 Å². The first-order valence-corrected chi connectivity index (χ1v) is 5.68. The molecular formula is C11H11F9O2. The highest BCUT2D eigenvalue weighted by Gasteiger charge is 2.81. The van der Waals surface area contributed by atoms with E-state index in [0.717, 1.165) is 0 Å². The maximum Gasteiger partial charge on any atom is 0.460 e. The van der Waals surface area contributed by atoms with Gasteiger partial charge in [0.15, 0.2) is 0 Å². The van der Waals surface area contributed by atoms with E-state index < -0.39 is 41.6 Å². The minimum atomic E-state index is -6.99. The number of hydrogen-bond donors (Lipinski definition) is 0. The molecule has 130 valence electrons. The molecule has 0 radical (unpaired) electrons. The molecule has 0 N–H and O–H groups in total. The highest BCUT2D eigenvalue weighted by atomic mass is 19.4. The summed E-state index contributed by atoms with van der Waals surface area (Å²) in [5.41, 5.74) is -1.23. The zero-order valence-electron chi connectivity index (χ0n) is 11.2. The molecule has 0 aliphatic carbocycles. The van der Waals surface area contributed by atoms with Gasteiger partial charge < -0.3 is 4.74 Å². The summed E-state index contributed by atoms with van der Waals surface area (Å²) in [5, 5.41) is 0. The van der Waals surface area contributed by atoms with Crippen molar-refractivity contribution < 1.29 is 49.0 Å². The molecule has 0 amide bonds. The van der Waals surface area contributed by atoms with Gasteiger partial charge in [0, 0.05) is 11.6 Å². The first kappa shape index (κ1) is 20.6. The third-order valence-corrected chi connectivity index (χ3v) is 2.33. The van der Waals surface area contributed by atoms with E-state index in [2.05, 4.69) is 4.74 Å². The number of alkyl halides is 9. The Hall–Kier alpha value is -1.42. The van der Waals surface area contributed by atoms with Crippen molar-refractivity contribution >= 4 is 5.97 Å². The zero-order chi connectivity index (χ0) is 18.0. The van der Waals surface area contributed by atoms with E-state index in [1.54, 1.807) is 0 Å². The number of esters is 1. The van der Waals surface area contributed by atoms with Crippen LogP contribution >= 0.6 is 0 Å². The van der Waals surface area contributed by atoms with Crippen LogP contribution in [0.3, 0.4) is 0 Å². The molecule has 0 rings (SSSR count). The highest BCUT2D eigenvalue weighted by molar-refractivity contribution is 5.87. The third kappa shape index (κ3) is 3.86. The zero-order valence-corrected chi connectivity index (χ0v) is 11.2. The monoisotopic (exact) mass is 346 g/mol. The molecule has 11 heteroatoms. The molecular weight excluding hydrogens is 335 g/mol. The van der Waals surface area contributed by atoms with Crippen molar-refractivity contribution in [3.05, 3.63) is 11.6 Å². The van der Waals surface area contributed by atoms with Crippen molar-refractivity contribution in [2.45, 2.75) is 44.2 Å². The lowest BCUT2D eigenvalue weighted by Gasteiger charge is -2.32. The summed E-state index contributed by atoms with van der Waals surface area (Å²) >= 11 is 0. The predicted molar refractivity (Wildman–Crippen MR) is 55.9 cm³/mol. The number of hydrogen-bond acceptors (Lipinski definition) is 2. The van der Waals surface area contributed by atoms with Gasteiger partial charge in [-0.1, -0.05) is 6.92 Å². The summed E-state index contributed by atoms with van der Waals surface area (Å²) < 4.78 is 117. The lowest BCUT2D eigenvalue weighted by atomic mass is 10.0. The minimum absolute atomic E-state index is 0.248. The van der Waals surface area contributed by atoms with Gasteiger partial charge in [-0.2, -0.15) is 39.5 Å². The molecule has 0 heterocycles. The van der Waals surface area contributed by atoms with Crippen molar-refractivity contribution in [3.8, 4) is 0 Å². The average molecular weight is 346 g/mol.